The molecule has 3 fully saturated rings. The molecular weight excluding hydrogens is 416 g/mol. The maximum atomic E-state index is 5.67. The Morgan fingerprint density at radius 1 is 0.853 bits per heavy atom. The lowest BCUT2D eigenvalue weighted by Gasteiger charge is -2.37. The first-order valence-corrected chi connectivity index (χ1v) is 13.0. The highest BCUT2D eigenvalue weighted by Crippen LogP contribution is 2.59. The number of methoxy groups -OCH3 is 1. The van der Waals surface area contributed by atoms with Crippen molar-refractivity contribution in [2.75, 3.05) is 7.11 Å². The van der Waals surface area contributed by atoms with Crippen molar-refractivity contribution in [3.63, 3.8) is 0 Å². The Kier molecular flexibility index (Phi) is 6.15. The summed E-state index contributed by atoms with van der Waals surface area (Å²) in [5, 5.41) is 8.31. The van der Waals surface area contributed by atoms with Crippen LogP contribution in [0, 0.1) is 17.8 Å². The van der Waals surface area contributed by atoms with E-state index in [9.17, 15) is 0 Å². The van der Waals surface area contributed by atoms with Gasteiger partial charge in [-0.05, 0) is 54.2 Å². The second-order valence-corrected chi connectivity index (χ2v) is 10.5. The average Bonchev–Trinajstić information content (AvgIpc) is 3.61. The Morgan fingerprint density at radius 3 is 2.24 bits per heavy atom. The van der Waals surface area contributed by atoms with Crippen molar-refractivity contribution in [2.45, 2.75) is 56.3 Å². The van der Waals surface area contributed by atoms with E-state index >= 15 is 0 Å². The van der Waals surface area contributed by atoms with Gasteiger partial charge in [-0.2, -0.15) is 0 Å². The lowest BCUT2D eigenvalue weighted by molar-refractivity contribution is 0.296. The summed E-state index contributed by atoms with van der Waals surface area (Å²) >= 11 is 0. The second kappa shape index (κ2) is 9.56. The summed E-state index contributed by atoms with van der Waals surface area (Å²) in [6.07, 6.45) is 5.41. The van der Waals surface area contributed by atoms with E-state index < -0.39 is 0 Å². The van der Waals surface area contributed by atoms with E-state index in [0.29, 0.717) is 24.0 Å². The summed E-state index contributed by atoms with van der Waals surface area (Å²) in [7, 11) is 1.77. The fourth-order valence-corrected chi connectivity index (χ4v) is 7.13. The zero-order chi connectivity index (χ0) is 22.9. The summed E-state index contributed by atoms with van der Waals surface area (Å²) < 4.78 is 5.67. The summed E-state index contributed by atoms with van der Waals surface area (Å²) in [5.41, 5.74) is 4.05. The van der Waals surface area contributed by atoms with E-state index in [0.717, 1.165) is 30.0 Å². The fourth-order valence-electron chi connectivity index (χ4n) is 7.13. The van der Waals surface area contributed by atoms with E-state index in [1.807, 2.05) is 0 Å². The van der Waals surface area contributed by atoms with E-state index in [2.05, 4.69) is 95.6 Å². The number of nitrogens with one attached hydrogen (secondary N) is 2. The minimum absolute atomic E-state index is 0.318. The van der Waals surface area contributed by atoms with Crippen LogP contribution in [-0.2, 0) is 6.54 Å². The van der Waals surface area contributed by atoms with E-state index in [1.165, 1.54) is 42.4 Å². The van der Waals surface area contributed by atoms with Crippen LogP contribution < -0.4 is 15.4 Å². The number of hydrogen-bond donors (Lipinski definition) is 2. The minimum atomic E-state index is 0.318. The van der Waals surface area contributed by atoms with Crippen molar-refractivity contribution >= 4 is 0 Å². The maximum Gasteiger partial charge on any atom is 0.123 e. The van der Waals surface area contributed by atoms with E-state index in [4.69, 9.17) is 4.74 Å². The van der Waals surface area contributed by atoms with Gasteiger partial charge in [-0.15, -0.1) is 0 Å². The van der Waals surface area contributed by atoms with Gasteiger partial charge in [0, 0.05) is 36.2 Å². The quantitative estimate of drug-likeness (QED) is 0.478. The zero-order valence-corrected chi connectivity index (χ0v) is 20.1. The molecule has 3 nitrogen and oxygen atoms in total. The molecule has 34 heavy (non-hydrogen) atoms. The van der Waals surface area contributed by atoms with Crippen molar-refractivity contribution in [1.82, 2.24) is 10.6 Å². The maximum absolute atomic E-state index is 5.67. The molecule has 2 saturated carbocycles. The first-order chi connectivity index (χ1) is 16.8. The van der Waals surface area contributed by atoms with Gasteiger partial charge in [0.15, 0.2) is 0 Å². The molecule has 0 amide bonds. The monoisotopic (exact) mass is 452 g/mol. The Morgan fingerprint density at radius 2 is 1.53 bits per heavy atom. The molecule has 1 heterocycles. The Balaban J connectivity index is 1.39. The molecule has 2 bridgehead atoms. The molecule has 4 unspecified atom stereocenters. The van der Waals surface area contributed by atoms with Crippen LogP contribution in [0.3, 0.4) is 0 Å². The van der Waals surface area contributed by atoms with Crippen molar-refractivity contribution in [2.24, 2.45) is 17.8 Å². The predicted molar refractivity (Wildman–Crippen MR) is 138 cm³/mol. The smallest absolute Gasteiger partial charge is 0.123 e. The molecule has 176 valence electrons. The molecule has 0 aromatic heterocycles. The van der Waals surface area contributed by atoms with Crippen molar-refractivity contribution in [3.8, 4) is 5.75 Å². The van der Waals surface area contributed by atoms with Gasteiger partial charge in [0.05, 0.1) is 7.11 Å². The minimum Gasteiger partial charge on any atom is -0.496 e. The molecule has 3 heteroatoms. The molecule has 1 saturated heterocycles. The summed E-state index contributed by atoms with van der Waals surface area (Å²) in [4.78, 5) is 0. The van der Waals surface area contributed by atoms with Crippen molar-refractivity contribution in [3.05, 3.63) is 102 Å². The summed E-state index contributed by atoms with van der Waals surface area (Å²) in [6, 6.07) is 32.1. The highest BCUT2D eigenvalue weighted by Gasteiger charge is 2.59. The van der Waals surface area contributed by atoms with Gasteiger partial charge < -0.3 is 15.4 Å². The molecule has 2 N–H and O–H groups in total. The summed E-state index contributed by atoms with van der Waals surface area (Å²) in [5.74, 6) is 3.80. The largest absolute Gasteiger partial charge is 0.496 e. The third-order valence-corrected chi connectivity index (χ3v) is 8.67. The van der Waals surface area contributed by atoms with Crippen LogP contribution in [0.4, 0.5) is 0 Å². The van der Waals surface area contributed by atoms with Gasteiger partial charge >= 0.3 is 0 Å². The molecular formula is C31H36N2O. The normalized spacial score (nSPS) is 29.8. The number of hydrogen-bond acceptors (Lipinski definition) is 3. The van der Waals surface area contributed by atoms with Gasteiger partial charge in [-0.25, -0.2) is 0 Å². The highest BCUT2D eigenvalue weighted by atomic mass is 16.5. The van der Waals surface area contributed by atoms with Gasteiger partial charge in [-0.3, -0.25) is 0 Å². The zero-order valence-electron chi connectivity index (χ0n) is 20.1. The average molecular weight is 453 g/mol. The fraction of sp³-hybridized carbons (Fsp3) is 0.419. The third-order valence-electron chi connectivity index (χ3n) is 8.67. The first-order valence-electron chi connectivity index (χ1n) is 13.0. The lowest BCUT2D eigenvalue weighted by atomic mass is 9.80. The van der Waals surface area contributed by atoms with Gasteiger partial charge in [0.1, 0.15) is 5.75 Å². The molecule has 2 aliphatic carbocycles. The number of benzene rings is 3. The Labute approximate surface area is 203 Å². The van der Waals surface area contributed by atoms with Gasteiger partial charge in [0.25, 0.3) is 0 Å². The predicted octanol–water partition coefficient (Wildman–Crippen LogP) is 5.76. The van der Waals surface area contributed by atoms with Crippen LogP contribution in [-0.4, -0.2) is 25.2 Å². The molecule has 0 radical (unpaired) electrons. The Hall–Kier alpha value is -2.62. The number of fused-ring (bicyclic) bond motifs is 2. The van der Waals surface area contributed by atoms with Crippen LogP contribution in [0.1, 0.15) is 48.3 Å². The van der Waals surface area contributed by atoms with Crippen molar-refractivity contribution < 1.29 is 4.74 Å². The van der Waals surface area contributed by atoms with Gasteiger partial charge in [-0.1, -0.05) is 85.3 Å². The molecule has 3 aromatic carbocycles. The first kappa shape index (κ1) is 21.9. The molecule has 0 spiro atoms. The van der Waals surface area contributed by atoms with E-state index in [1.54, 1.807) is 7.11 Å². The van der Waals surface area contributed by atoms with Crippen LogP contribution in [0.2, 0.25) is 0 Å². The standard InChI is InChI=1S/C31H36N2O/c1-34-27-18-9-8-15-23(27)20-32-30-29-25-17-10-16-24(19-26(25)29)33-31(30)28(21-11-4-2-5-12-21)22-13-6-3-7-14-22/h2-9,11-15,18,24-26,28-33H,10,16-17,19-20H2,1H3/t24?,25-,26?,29-,30?,31?/m0/s1. The topological polar surface area (TPSA) is 33.3 Å². The SMILES string of the molecule is COc1ccccc1CNC1C(C(c2ccccc2)c2ccccc2)NC2CCC[C@H]3C(C2)[C@@H]13. The number of ether oxygens (including phenoxy) is 1. The van der Waals surface area contributed by atoms with E-state index in [-0.39, 0.29) is 0 Å². The Bertz CT molecular complexity index is 1050. The van der Waals surface area contributed by atoms with Crippen LogP contribution >= 0.6 is 0 Å². The summed E-state index contributed by atoms with van der Waals surface area (Å²) in [6.45, 7) is 0.837. The third kappa shape index (κ3) is 4.16. The molecule has 1 aliphatic heterocycles. The molecule has 6 atom stereocenters. The lowest BCUT2D eigenvalue weighted by Crippen LogP contribution is -2.54. The van der Waals surface area contributed by atoms with Gasteiger partial charge in [0.2, 0.25) is 0 Å². The second-order valence-electron chi connectivity index (χ2n) is 10.5. The molecule has 6 rings (SSSR count). The number of para-hydroxylation sites is 1. The highest BCUT2D eigenvalue weighted by molar-refractivity contribution is 5.37. The van der Waals surface area contributed by atoms with Crippen LogP contribution in [0.15, 0.2) is 84.9 Å². The number of rotatable bonds is 7. The van der Waals surface area contributed by atoms with Crippen LogP contribution in [0.25, 0.3) is 0 Å². The van der Waals surface area contributed by atoms with Crippen molar-refractivity contribution in [1.29, 1.82) is 0 Å². The molecule has 3 aromatic rings. The van der Waals surface area contributed by atoms with Crippen LogP contribution in [0.5, 0.6) is 5.75 Å². The molecule has 3 aliphatic rings.